The van der Waals surface area contributed by atoms with E-state index in [4.69, 9.17) is 14.2 Å². The Labute approximate surface area is 168 Å². The summed E-state index contributed by atoms with van der Waals surface area (Å²) in [6.07, 6.45) is 0.810. The molecule has 0 aromatic heterocycles. The molecule has 1 heterocycles. The minimum atomic E-state index is -0.570. The molecule has 1 atom stereocenters. The number of hydrogen-bond acceptors (Lipinski definition) is 6. The van der Waals surface area contributed by atoms with Crippen molar-refractivity contribution >= 4 is 11.6 Å². The van der Waals surface area contributed by atoms with Crippen molar-refractivity contribution in [2.45, 2.75) is 26.3 Å². The first-order chi connectivity index (χ1) is 13.9. The summed E-state index contributed by atoms with van der Waals surface area (Å²) in [6, 6.07) is 9.46. The predicted molar refractivity (Wildman–Crippen MR) is 107 cm³/mol. The van der Waals surface area contributed by atoms with Gasteiger partial charge in [0.05, 0.1) is 31.3 Å². The minimum Gasteiger partial charge on any atom is -0.490 e. The lowest BCUT2D eigenvalue weighted by atomic mass is 9.95. The predicted octanol–water partition coefficient (Wildman–Crippen LogP) is 3.89. The third-order valence-corrected chi connectivity index (χ3v) is 4.72. The van der Waals surface area contributed by atoms with Crippen molar-refractivity contribution in [3.63, 3.8) is 0 Å². The molecule has 1 amide bonds. The monoisotopic (exact) mass is 400 g/mol. The zero-order valence-electron chi connectivity index (χ0n) is 16.6. The van der Waals surface area contributed by atoms with Crippen LogP contribution in [0.3, 0.4) is 0 Å². The van der Waals surface area contributed by atoms with Crippen molar-refractivity contribution in [2.24, 2.45) is 5.92 Å². The quantitative estimate of drug-likeness (QED) is 0.583. The first kappa shape index (κ1) is 20.4. The number of nitrogens with zero attached hydrogens (tertiary/aromatic N) is 1. The smallest absolute Gasteiger partial charge is 0.311 e. The summed E-state index contributed by atoms with van der Waals surface area (Å²) < 4.78 is 16.4. The van der Waals surface area contributed by atoms with Gasteiger partial charge in [0.1, 0.15) is 0 Å². The van der Waals surface area contributed by atoms with Gasteiger partial charge in [-0.05, 0) is 35.7 Å². The second-order valence-electron chi connectivity index (χ2n) is 7.10. The average molecular weight is 400 g/mol. The van der Waals surface area contributed by atoms with E-state index >= 15 is 0 Å². The van der Waals surface area contributed by atoms with E-state index in [1.165, 1.54) is 25.3 Å². The van der Waals surface area contributed by atoms with E-state index in [0.717, 1.165) is 12.0 Å². The molecule has 2 aromatic rings. The van der Waals surface area contributed by atoms with Gasteiger partial charge >= 0.3 is 5.69 Å². The lowest BCUT2D eigenvalue weighted by molar-refractivity contribution is -0.385. The number of nitro benzene ring substituents is 1. The number of carbonyl (C=O) groups is 1. The number of methoxy groups -OCH3 is 1. The maximum atomic E-state index is 12.8. The molecular weight excluding hydrogens is 376 g/mol. The van der Waals surface area contributed by atoms with Crippen LogP contribution in [0.2, 0.25) is 0 Å². The van der Waals surface area contributed by atoms with Gasteiger partial charge in [0.2, 0.25) is 0 Å². The van der Waals surface area contributed by atoms with Crippen LogP contribution in [0.1, 0.15) is 42.2 Å². The van der Waals surface area contributed by atoms with Crippen molar-refractivity contribution < 1.29 is 23.9 Å². The lowest BCUT2D eigenvalue weighted by Gasteiger charge is -2.24. The Morgan fingerprint density at radius 3 is 2.52 bits per heavy atom. The zero-order valence-corrected chi connectivity index (χ0v) is 16.6. The number of ether oxygens (including phenoxy) is 3. The van der Waals surface area contributed by atoms with Crippen LogP contribution in [0, 0.1) is 16.0 Å². The second-order valence-corrected chi connectivity index (χ2v) is 7.10. The van der Waals surface area contributed by atoms with Crippen LogP contribution in [0.4, 0.5) is 5.69 Å². The molecule has 0 fully saturated rings. The molecule has 1 aliphatic rings. The maximum absolute atomic E-state index is 12.8. The van der Waals surface area contributed by atoms with Crippen molar-refractivity contribution in [3.8, 4) is 17.2 Å². The van der Waals surface area contributed by atoms with Crippen molar-refractivity contribution in [1.82, 2.24) is 5.32 Å². The molecule has 0 radical (unpaired) electrons. The van der Waals surface area contributed by atoms with E-state index in [0.29, 0.717) is 24.7 Å². The van der Waals surface area contributed by atoms with Gasteiger partial charge in [0, 0.05) is 18.1 Å². The van der Waals surface area contributed by atoms with Crippen LogP contribution < -0.4 is 19.5 Å². The van der Waals surface area contributed by atoms with Crippen molar-refractivity contribution in [3.05, 3.63) is 57.6 Å². The van der Waals surface area contributed by atoms with E-state index in [9.17, 15) is 14.9 Å². The number of fused-ring (bicyclic) bond motifs is 1. The van der Waals surface area contributed by atoms with Gasteiger partial charge in [-0.15, -0.1) is 0 Å². The van der Waals surface area contributed by atoms with E-state index < -0.39 is 10.8 Å². The molecule has 0 aliphatic carbocycles. The molecule has 0 saturated heterocycles. The Morgan fingerprint density at radius 1 is 1.14 bits per heavy atom. The van der Waals surface area contributed by atoms with E-state index in [1.54, 1.807) is 0 Å². The molecule has 3 rings (SSSR count). The summed E-state index contributed by atoms with van der Waals surface area (Å²) in [4.78, 5) is 23.5. The first-order valence-corrected chi connectivity index (χ1v) is 9.43. The number of nitro groups is 1. The zero-order chi connectivity index (χ0) is 21.0. The Morgan fingerprint density at radius 2 is 1.86 bits per heavy atom. The highest BCUT2D eigenvalue weighted by atomic mass is 16.6. The fraction of sp³-hybridized carbons (Fsp3) is 0.381. The number of benzene rings is 2. The molecule has 1 unspecified atom stereocenters. The van der Waals surface area contributed by atoms with Crippen LogP contribution in [0.15, 0.2) is 36.4 Å². The van der Waals surface area contributed by atoms with Gasteiger partial charge in [-0.3, -0.25) is 14.9 Å². The van der Waals surface area contributed by atoms with Gasteiger partial charge in [-0.2, -0.15) is 0 Å². The minimum absolute atomic E-state index is 0.0805. The van der Waals surface area contributed by atoms with Crippen LogP contribution in [0.25, 0.3) is 0 Å². The molecule has 154 valence electrons. The summed E-state index contributed by atoms with van der Waals surface area (Å²) in [6.45, 7) is 5.16. The van der Waals surface area contributed by atoms with E-state index in [1.807, 2.05) is 32.0 Å². The molecule has 2 aromatic carbocycles. The van der Waals surface area contributed by atoms with Crippen LogP contribution in [-0.4, -0.2) is 31.2 Å². The van der Waals surface area contributed by atoms with Crippen LogP contribution in [0.5, 0.6) is 17.2 Å². The van der Waals surface area contributed by atoms with Gasteiger partial charge in [-0.25, -0.2) is 0 Å². The number of hydrogen-bond donors (Lipinski definition) is 1. The highest BCUT2D eigenvalue weighted by Crippen LogP contribution is 2.34. The summed E-state index contributed by atoms with van der Waals surface area (Å²) in [7, 11) is 1.35. The topological polar surface area (TPSA) is 99.9 Å². The van der Waals surface area contributed by atoms with E-state index in [2.05, 4.69) is 5.32 Å². The fourth-order valence-electron chi connectivity index (χ4n) is 3.21. The summed E-state index contributed by atoms with van der Waals surface area (Å²) in [5.41, 5.74) is 0.815. The summed E-state index contributed by atoms with van der Waals surface area (Å²) >= 11 is 0. The molecule has 0 spiro atoms. The SMILES string of the molecule is COc1ccc(C(=O)NC(c2ccc3c(c2)OCCCO3)C(C)C)cc1[N+](=O)[O-]. The molecule has 1 aliphatic heterocycles. The number of nitrogens with one attached hydrogen (secondary N) is 1. The lowest BCUT2D eigenvalue weighted by Crippen LogP contribution is -2.31. The average Bonchev–Trinajstić information content (AvgIpc) is 2.95. The molecule has 1 N–H and O–H groups in total. The molecule has 0 saturated carbocycles. The highest BCUT2D eigenvalue weighted by Gasteiger charge is 2.24. The maximum Gasteiger partial charge on any atom is 0.311 e. The molecular formula is C21H24N2O6. The standard InChI is InChI=1S/C21H24N2O6/c1-13(2)20(14-5-8-18-19(12-14)29-10-4-9-28-18)22-21(24)15-6-7-17(27-3)16(11-15)23(25)26/h5-8,11-13,20H,4,9-10H2,1-3H3,(H,22,24). The first-order valence-electron chi connectivity index (χ1n) is 9.43. The van der Waals surface area contributed by atoms with E-state index in [-0.39, 0.29) is 29.0 Å². The number of rotatable bonds is 6. The third kappa shape index (κ3) is 4.59. The van der Waals surface area contributed by atoms with Gasteiger partial charge in [0.15, 0.2) is 17.2 Å². The van der Waals surface area contributed by atoms with Crippen LogP contribution in [-0.2, 0) is 0 Å². The molecule has 8 nitrogen and oxygen atoms in total. The highest BCUT2D eigenvalue weighted by molar-refractivity contribution is 5.95. The Hall–Kier alpha value is -3.29. The van der Waals surface area contributed by atoms with Crippen molar-refractivity contribution in [1.29, 1.82) is 0 Å². The Kier molecular flexibility index (Phi) is 6.21. The normalized spacial score (nSPS) is 14.1. The third-order valence-electron chi connectivity index (χ3n) is 4.72. The Balaban J connectivity index is 1.86. The Bertz CT molecular complexity index is 912. The largest absolute Gasteiger partial charge is 0.490 e. The van der Waals surface area contributed by atoms with Crippen molar-refractivity contribution in [2.75, 3.05) is 20.3 Å². The molecule has 8 heteroatoms. The van der Waals surface area contributed by atoms with Gasteiger partial charge in [0.25, 0.3) is 5.91 Å². The number of amides is 1. The summed E-state index contributed by atoms with van der Waals surface area (Å²) in [5.74, 6) is 1.12. The second kappa shape index (κ2) is 8.81. The van der Waals surface area contributed by atoms with Gasteiger partial charge in [-0.1, -0.05) is 19.9 Å². The molecule has 0 bridgehead atoms. The molecule has 29 heavy (non-hydrogen) atoms. The summed E-state index contributed by atoms with van der Waals surface area (Å²) in [5, 5.41) is 14.2. The fourth-order valence-corrected chi connectivity index (χ4v) is 3.21. The van der Waals surface area contributed by atoms with Gasteiger partial charge < -0.3 is 19.5 Å². The van der Waals surface area contributed by atoms with Crippen LogP contribution >= 0.6 is 0 Å². The number of carbonyl (C=O) groups excluding carboxylic acids is 1.